The Morgan fingerprint density at radius 2 is 2.13 bits per heavy atom. The minimum absolute atomic E-state index is 0.823. The fraction of sp³-hybridized carbons (Fsp3) is 0.500. The summed E-state index contributed by atoms with van der Waals surface area (Å²) in [5, 5.41) is 3.14. The Balaban J connectivity index is 2.10. The summed E-state index contributed by atoms with van der Waals surface area (Å²) in [6, 6.07) is 8.17. The van der Waals surface area contributed by atoms with Crippen LogP contribution in [0.3, 0.4) is 0 Å². The molecule has 0 aromatic heterocycles. The van der Waals surface area contributed by atoms with Crippen molar-refractivity contribution in [1.29, 1.82) is 0 Å². The van der Waals surface area contributed by atoms with Crippen LogP contribution in [0.2, 0.25) is 0 Å². The summed E-state index contributed by atoms with van der Waals surface area (Å²) in [6.45, 7) is 1.92. The van der Waals surface area contributed by atoms with Crippen molar-refractivity contribution in [2.24, 2.45) is 0 Å². The summed E-state index contributed by atoms with van der Waals surface area (Å²) in [5.41, 5.74) is 0. The molecule has 0 aliphatic rings. The summed E-state index contributed by atoms with van der Waals surface area (Å²) >= 11 is 2.30. The molecule has 0 heterocycles. The highest BCUT2D eigenvalue weighted by Gasteiger charge is 1.94. The highest BCUT2D eigenvalue weighted by molar-refractivity contribution is 14.1. The molecular formula is C12H18INO. The van der Waals surface area contributed by atoms with Crippen LogP contribution in [0.15, 0.2) is 24.3 Å². The Kier molecular flexibility index (Phi) is 6.76. The standard InChI is InChI=1S/C12H18INO/c1-14-8-3-2-4-9-15-12-7-5-6-11(13)10-12/h5-7,10,14H,2-4,8-9H2,1H3. The highest BCUT2D eigenvalue weighted by Crippen LogP contribution is 2.15. The first-order chi connectivity index (χ1) is 7.33. The maximum atomic E-state index is 5.64. The molecule has 0 amide bonds. The molecule has 0 saturated heterocycles. The molecule has 0 atom stereocenters. The molecule has 15 heavy (non-hydrogen) atoms. The third-order valence-electron chi connectivity index (χ3n) is 2.14. The van der Waals surface area contributed by atoms with Crippen LogP contribution in [0.5, 0.6) is 5.75 Å². The van der Waals surface area contributed by atoms with Gasteiger partial charge in [0.15, 0.2) is 0 Å². The topological polar surface area (TPSA) is 21.3 Å². The highest BCUT2D eigenvalue weighted by atomic mass is 127. The first-order valence-electron chi connectivity index (χ1n) is 5.36. The van der Waals surface area contributed by atoms with Gasteiger partial charge in [-0.3, -0.25) is 0 Å². The van der Waals surface area contributed by atoms with Crippen molar-refractivity contribution >= 4 is 22.6 Å². The zero-order valence-electron chi connectivity index (χ0n) is 9.13. The van der Waals surface area contributed by atoms with E-state index < -0.39 is 0 Å². The average Bonchev–Trinajstić information content (AvgIpc) is 2.23. The van der Waals surface area contributed by atoms with Gasteiger partial charge in [0.05, 0.1) is 6.61 Å². The van der Waals surface area contributed by atoms with Crippen LogP contribution in [0.1, 0.15) is 19.3 Å². The van der Waals surface area contributed by atoms with E-state index in [1.54, 1.807) is 0 Å². The maximum Gasteiger partial charge on any atom is 0.120 e. The predicted molar refractivity (Wildman–Crippen MR) is 72.4 cm³/mol. The molecule has 2 nitrogen and oxygen atoms in total. The normalized spacial score (nSPS) is 10.3. The van der Waals surface area contributed by atoms with Crippen LogP contribution in [0, 0.1) is 3.57 Å². The lowest BCUT2D eigenvalue weighted by molar-refractivity contribution is 0.305. The van der Waals surface area contributed by atoms with Crippen molar-refractivity contribution in [2.45, 2.75) is 19.3 Å². The summed E-state index contributed by atoms with van der Waals surface area (Å²) < 4.78 is 6.86. The van der Waals surface area contributed by atoms with Crippen molar-refractivity contribution in [3.63, 3.8) is 0 Å². The molecule has 1 N–H and O–H groups in total. The van der Waals surface area contributed by atoms with Crippen molar-refractivity contribution in [1.82, 2.24) is 5.32 Å². The second-order valence-corrected chi connectivity index (χ2v) is 4.72. The number of nitrogens with one attached hydrogen (secondary N) is 1. The lowest BCUT2D eigenvalue weighted by Crippen LogP contribution is -2.07. The molecular weight excluding hydrogens is 301 g/mol. The molecule has 3 heteroatoms. The van der Waals surface area contributed by atoms with Gasteiger partial charge in [-0.2, -0.15) is 0 Å². The molecule has 0 saturated carbocycles. The third kappa shape index (κ3) is 5.99. The number of hydrogen-bond donors (Lipinski definition) is 1. The molecule has 1 aromatic rings. The molecule has 0 aliphatic heterocycles. The Bertz CT molecular complexity index is 278. The summed E-state index contributed by atoms with van der Waals surface area (Å²) in [6.07, 6.45) is 3.59. The smallest absolute Gasteiger partial charge is 0.120 e. The van der Waals surface area contributed by atoms with Gasteiger partial charge in [0, 0.05) is 3.57 Å². The number of benzene rings is 1. The van der Waals surface area contributed by atoms with Gasteiger partial charge in [0.1, 0.15) is 5.75 Å². The molecule has 84 valence electrons. The largest absolute Gasteiger partial charge is 0.494 e. The monoisotopic (exact) mass is 319 g/mol. The zero-order chi connectivity index (χ0) is 10.9. The summed E-state index contributed by atoms with van der Waals surface area (Å²) in [7, 11) is 1.99. The van der Waals surface area contributed by atoms with E-state index in [-0.39, 0.29) is 0 Å². The van der Waals surface area contributed by atoms with Gasteiger partial charge in [-0.15, -0.1) is 0 Å². The van der Waals surface area contributed by atoms with Crippen molar-refractivity contribution in [3.8, 4) is 5.75 Å². The van der Waals surface area contributed by atoms with Gasteiger partial charge in [0.25, 0.3) is 0 Å². The zero-order valence-corrected chi connectivity index (χ0v) is 11.3. The van der Waals surface area contributed by atoms with Gasteiger partial charge in [-0.05, 0) is 73.6 Å². The third-order valence-corrected chi connectivity index (χ3v) is 2.81. The minimum Gasteiger partial charge on any atom is -0.494 e. The molecule has 0 bridgehead atoms. The summed E-state index contributed by atoms with van der Waals surface area (Å²) in [5.74, 6) is 0.982. The van der Waals surface area contributed by atoms with E-state index in [4.69, 9.17) is 4.74 Å². The Labute approximate surface area is 106 Å². The van der Waals surface area contributed by atoms with Gasteiger partial charge >= 0.3 is 0 Å². The van der Waals surface area contributed by atoms with Crippen LogP contribution in [-0.4, -0.2) is 20.2 Å². The average molecular weight is 319 g/mol. The van der Waals surface area contributed by atoms with E-state index in [2.05, 4.69) is 40.0 Å². The summed E-state index contributed by atoms with van der Waals surface area (Å²) in [4.78, 5) is 0. The van der Waals surface area contributed by atoms with Crippen molar-refractivity contribution in [2.75, 3.05) is 20.2 Å². The van der Waals surface area contributed by atoms with E-state index in [1.165, 1.54) is 16.4 Å². The van der Waals surface area contributed by atoms with E-state index >= 15 is 0 Å². The van der Waals surface area contributed by atoms with E-state index in [0.717, 1.165) is 25.3 Å². The molecule has 0 unspecified atom stereocenters. The lowest BCUT2D eigenvalue weighted by Gasteiger charge is -2.06. The van der Waals surface area contributed by atoms with E-state index in [9.17, 15) is 0 Å². The Hall–Kier alpha value is -0.290. The number of rotatable bonds is 7. The predicted octanol–water partition coefficient (Wildman–Crippen LogP) is 3.06. The van der Waals surface area contributed by atoms with Crippen molar-refractivity contribution < 1.29 is 4.74 Å². The molecule has 1 rings (SSSR count). The van der Waals surface area contributed by atoms with Crippen LogP contribution in [0.4, 0.5) is 0 Å². The van der Waals surface area contributed by atoms with Crippen molar-refractivity contribution in [3.05, 3.63) is 27.8 Å². The van der Waals surface area contributed by atoms with E-state index in [1.807, 2.05) is 19.2 Å². The lowest BCUT2D eigenvalue weighted by atomic mass is 10.2. The second-order valence-electron chi connectivity index (χ2n) is 3.47. The molecule has 0 aliphatic carbocycles. The first kappa shape index (κ1) is 12.8. The minimum atomic E-state index is 0.823. The van der Waals surface area contributed by atoms with Gasteiger partial charge in [0.2, 0.25) is 0 Å². The fourth-order valence-electron chi connectivity index (χ4n) is 1.33. The SMILES string of the molecule is CNCCCCCOc1cccc(I)c1. The number of hydrogen-bond acceptors (Lipinski definition) is 2. The molecule has 0 fully saturated rings. The van der Waals surface area contributed by atoms with Crippen LogP contribution in [-0.2, 0) is 0 Å². The number of ether oxygens (including phenoxy) is 1. The van der Waals surface area contributed by atoms with E-state index in [0.29, 0.717) is 0 Å². The Morgan fingerprint density at radius 3 is 2.87 bits per heavy atom. The molecule has 0 radical (unpaired) electrons. The van der Waals surface area contributed by atoms with Gasteiger partial charge in [-0.1, -0.05) is 6.07 Å². The van der Waals surface area contributed by atoms with Crippen LogP contribution < -0.4 is 10.1 Å². The van der Waals surface area contributed by atoms with Gasteiger partial charge in [-0.25, -0.2) is 0 Å². The number of unbranched alkanes of at least 4 members (excludes halogenated alkanes) is 2. The van der Waals surface area contributed by atoms with Crippen LogP contribution in [0.25, 0.3) is 0 Å². The first-order valence-corrected chi connectivity index (χ1v) is 6.44. The molecule has 0 spiro atoms. The van der Waals surface area contributed by atoms with Crippen LogP contribution >= 0.6 is 22.6 Å². The molecule has 1 aromatic carbocycles. The quantitative estimate of drug-likeness (QED) is 0.616. The maximum absolute atomic E-state index is 5.64. The van der Waals surface area contributed by atoms with Gasteiger partial charge < -0.3 is 10.1 Å². The fourth-order valence-corrected chi connectivity index (χ4v) is 1.84. The number of halogens is 1. The Morgan fingerprint density at radius 1 is 1.27 bits per heavy atom. The second kappa shape index (κ2) is 7.93.